The van der Waals surface area contributed by atoms with E-state index in [1.807, 2.05) is 13.8 Å². The summed E-state index contributed by atoms with van der Waals surface area (Å²) in [6, 6.07) is 6.91. The topological polar surface area (TPSA) is 185 Å². The lowest BCUT2D eigenvalue weighted by atomic mass is 10.0. The third-order valence-corrected chi connectivity index (χ3v) is 5.44. The van der Waals surface area contributed by atoms with Gasteiger partial charge in [0, 0.05) is 42.6 Å². The highest BCUT2D eigenvalue weighted by atomic mass is 16.2. The molecule has 196 valence electrons. The molecule has 0 spiro atoms. The average Bonchev–Trinajstić information content (AvgIpc) is 2.85. The molecule has 0 fully saturated rings. The van der Waals surface area contributed by atoms with Gasteiger partial charge in [0.1, 0.15) is 5.78 Å². The van der Waals surface area contributed by atoms with Crippen LogP contribution >= 0.6 is 0 Å². The standard InChI is InChI=1S/C25H32N8O4/c1-14(2)30-22(35)15(3)11-19(34)5-4-10-27-23(36)16-6-8-17(9-7-16)28-12-18-13-29-21-20(31-18)24(37)33-25(26)32-21/h6-9,13-15,28H,4-5,10-12H2,1-3H3,(H,27,36)(H,30,35)(H3,26,29,32,33,37). The van der Waals surface area contributed by atoms with E-state index in [1.54, 1.807) is 31.2 Å². The number of fused-ring (bicyclic) bond motifs is 1. The minimum atomic E-state index is -0.458. The van der Waals surface area contributed by atoms with Crippen molar-refractivity contribution in [3.8, 4) is 0 Å². The van der Waals surface area contributed by atoms with Gasteiger partial charge in [-0.1, -0.05) is 6.92 Å². The second-order valence-electron chi connectivity index (χ2n) is 9.08. The lowest BCUT2D eigenvalue weighted by Crippen LogP contribution is -2.35. The molecular formula is C25H32N8O4. The normalized spacial score (nSPS) is 11.8. The summed E-state index contributed by atoms with van der Waals surface area (Å²) in [5.74, 6) is -0.762. The summed E-state index contributed by atoms with van der Waals surface area (Å²) in [7, 11) is 0. The Morgan fingerprint density at radius 3 is 2.51 bits per heavy atom. The number of rotatable bonds is 12. The Kier molecular flexibility index (Phi) is 9.25. The zero-order chi connectivity index (χ0) is 26.9. The molecule has 1 atom stereocenters. The van der Waals surface area contributed by atoms with Crippen molar-refractivity contribution >= 4 is 40.4 Å². The van der Waals surface area contributed by atoms with Crippen LogP contribution in [0.1, 0.15) is 56.1 Å². The molecule has 2 amide bonds. The van der Waals surface area contributed by atoms with Crippen LogP contribution in [0.3, 0.4) is 0 Å². The number of benzene rings is 1. The van der Waals surface area contributed by atoms with E-state index in [4.69, 9.17) is 5.73 Å². The summed E-state index contributed by atoms with van der Waals surface area (Å²) >= 11 is 0. The van der Waals surface area contributed by atoms with Crippen molar-refractivity contribution in [2.75, 3.05) is 17.6 Å². The lowest BCUT2D eigenvalue weighted by molar-refractivity contribution is -0.129. The van der Waals surface area contributed by atoms with Crippen molar-refractivity contribution in [2.24, 2.45) is 5.92 Å². The van der Waals surface area contributed by atoms with Crippen molar-refractivity contribution < 1.29 is 14.4 Å². The largest absolute Gasteiger partial charge is 0.379 e. The molecule has 6 N–H and O–H groups in total. The van der Waals surface area contributed by atoms with Crippen LogP contribution in [0.2, 0.25) is 0 Å². The molecule has 0 aliphatic rings. The number of carbonyl (C=O) groups excluding carboxylic acids is 3. The first-order valence-electron chi connectivity index (χ1n) is 12.1. The minimum Gasteiger partial charge on any atom is -0.379 e. The van der Waals surface area contributed by atoms with Gasteiger partial charge in [-0.3, -0.25) is 24.2 Å². The zero-order valence-corrected chi connectivity index (χ0v) is 21.1. The van der Waals surface area contributed by atoms with Crippen LogP contribution in [0.5, 0.6) is 0 Å². The highest BCUT2D eigenvalue weighted by Crippen LogP contribution is 2.12. The number of ketones is 1. The summed E-state index contributed by atoms with van der Waals surface area (Å²) in [6.45, 7) is 6.15. The minimum absolute atomic E-state index is 0.00261. The molecule has 0 bridgehead atoms. The molecule has 12 nitrogen and oxygen atoms in total. The van der Waals surface area contributed by atoms with E-state index in [1.165, 1.54) is 6.20 Å². The Hall–Kier alpha value is -4.35. The smallest absolute Gasteiger partial charge is 0.280 e. The van der Waals surface area contributed by atoms with Crippen LogP contribution in [0.15, 0.2) is 35.3 Å². The summed E-state index contributed by atoms with van der Waals surface area (Å²) in [5.41, 5.74) is 7.11. The van der Waals surface area contributed by atoms with Crippen molar-refractivity contribution in [3.05, 3.63) is 52.1 Å². The Morgan fingerprint density at radius 1 is 1.08 bits per heavy atom. The Labute approximate surface area is 213 Å². The maximum atomic E-state index is 12.4. The van der Waals surface area contributed by atoms with Crippen molar-refractivity contribution in [1.82, 2.24) is 30.6 Å². The molecule has 3 aromatic rings. The van der Waals surface area contributed by atoms with Gasteiger partial charge in [0.15, 0.2) is 11.2 Å². The van der Waals surface area contributed by atoms with Crippen LogP contribution < -0.4 is 27.2 Å². The van der Waals surface area contributed by atoms with Gasteiger partial charge in [0.2, 0.25) is 11.9 Å². The number of aromatic amines is 1. The van der Waals surface area contributed by atoms with Gasteiger partial charge in [0.25, 0.3) is 11.5 Å². The number of aromatic nitrogens is 4. The summed E-state index contributed by atoms with van der Waals surface area (Å²) in [5, 5.41) is 8.77. The van der Waals surface area contributed by atoms with Crippen molar-refractivity contribution in [3.63, 3.8) is 0 Å². The molecule has 3 rings (SSSR count). The monoisotopic (exact) mass is 508 g/mol. The van der Waals surface area contributed by atoms with Gasteiger partial charge in [-0.15, -0.1) is 0 Å². The average molecular weight is 509 g/mol. The molecule has 0 saturated heterocycles. The fourth-order valence-electron chi connectivity index (χ4n) is 3.54. The molecular weight excluding hydrogens is 476 g/mol. The number of nitrogens with zero attached hydrogens (tertiary/aromatic N) is 3. The van der Waals surface area contributed by atoms with E-state index < -0.39 is 5.56 Å². The molecule has 0 radical (unpaired) electrons. The molecule has 0 saturated carbocycles. The van der Waals surface area contributed by atoms with Gasteiger partial charge < -0.3 is 21.7 Å². The number of anilines is 2. The Bertz CT molecular complexity index is 1320. The van der Waals surface area contributed by atoms with Gasteiger partial charge >= 0.3 is 0 Å². The van der Waals surface area contributed by atoms with Crippen LogP contribution in [-0.4, -0.2) is 50.1 Å². The maximum Gasteiger partial charge on any atom is 0.280 e. The first kappa shape index (κ1) is 27.2. The summed E-state index contributed by atoms with van der Waals surface area (Å²) in [6.07, 6.45) is 2.50. The molecule has 2 heterocycles. The number of Topliss-reactive ketones (excluding diaryl/α,β-unsaturated/α-hetero) is 1. The van der Waals surface area contributed by atoms with E-state index in [0.717, 1.165) is 5.69 Å². The second-order valence-corrected chi connectivity index (χ2v) is 9.08. The summed E-state index contributed by atoms with van der Waals surface area (Å²) < 4.78 is 0. The van der Waals surface area contributed by atoms with Gasteiger partial charge in [-0.2, -0.15) is 4.98 Å². The second kappa shape index (κ2) is 12.6. The van der Waals surface area contributed by atoms with E-state index in [2.05, 4.69) is 35.9 Å². The lowest BCUT2D eigenvalue weighted by Gasteiger charge is -2.14. The third kappa shape index (κ3) is 8.09. The Balaban J connectivity index is 1.41. The van der Waals surface area contributed by atoms with Crippen LogP contribution in [-0.2, 0) is 16.1 Å². The van der Waals surface area contributed by atoms with Gasteiger partial charge in [-0.25, -0.2) is 9.97 Å². The fourth-order valence-corrected chi connectivity index (χ4v) is 3.54. The van der Waals surface area contributed by atoms with Gasteiger partial charge in [0.05, 0.1) is 18.4 Å². The van der Waals surface area contributed by atoms with E-state index >= 15 is 0 Å². The molecule has 12 heteroatoms. The number of nitrogens with one attached hydrogen (secondary N) is 4. The predicted octanol–water partition coefficient (Wildman–Crippen LogP) is 1.54. The van der Waals surface area contributed by atoms with Crippen LogP contribution in [0.4, 0.5) is 11.6 Å². The van der Waals surface area contributed by atoms with E-state index in [9.17, 15) is 19.2 Å². The first-order chi connectivity index (χ1) is 17.6. The number of hydrogen-bond acceptors (Lipinski definition) is 9. The van der Waals surface area contributed by atoms with Gasteiger partial charge in [-0.05, 0) is 44.5 Å². The molecule has 37 heavy (non-hydrogen) atoms. The van der Waals surface area contributed by atoms with Crippen LogP contribution in [0.25, 0.3) is 11.2 Å². The predicted molar refractivity (Wildman–Crippen MR) is 140 cm³/mol. The number of nitrogen functional groups attached to an aromatic ring is 1. The molecule has 1 unspecified atom stereocenters. The van der Waals surface area contributed by atoms with E-state index in [-0.39, 0.29) is 53.1 Å². The third-order valence-electron chi connectivity index (χ3n) is 5.44. The fraction of sp³-hybridized carbons (Fsp3) is 0.400. The molecule has 2 aromatic heterocycles. The zero-order valence-electron chi connectivity index (χ0n) is 21.1. The molecule has 0 aliphatic carbocycles. The summed E-state index contributed by atoms with van der Waals surface area (Å²) in [4.78, 5) is 63.2. The quantitative estimate of drug-likeness (QED) is 0.226. The first-order valence-corrected chi connectivity index (χ1v) is 12.1. The molecule has 1 aromatic carbocycles. The number of nitrogens with two attached hydrogens (primary N) is 1. The number of hydrogen-bond donors (Lipinski definition) is 5. The van der Waals surface area contributed by atoms with E-state index in [0.29, 0.717) is 37.2 Å². The highest BCUT2D eigenvalue weighted by Gasteiger charge is 2.17. The van der Waals surface area contributed by atoms with Crippen molar-refractivity contribution in [2.45, 2.75) is 52.6 Å². The Morgan fingerprint density at radius 2 is 1.81 bits per heavy atom. The highest BCUT2D eigenvalue weighted by molar-refractivity contribution is 5.94. The van der Waals surface area contributed by atoms with Crippen LogP contribution in [0, 0.1) is 5.92 Å². The number of carbonyl (C=O) groups is 3. The van der Waals surface area contributed by atoms with Crippen molar-refractivity contribution in [1.29, 1.82) is 0 Å². The number of amides is 2. The SMILES string of the molecule is CC(C)NC(=O)C(C)CC(=O)CCCNC(=O)c1ccc(NCc2cnc3nc(N)[nH]c(=O)c3n2)cc1. The number of H-pyrrole nitrogens is 1. The maximum absolute atomic E-state index is 12.4. The molecule has 0 aliphatic heterocycles.